The molecule has 5 atom stereocenters. The van der Waals surface area contributed by atoms with E-state index in [-0.39, 0.29) is 17.7 Å². The van der Waals surface area contributed by atoms with Gasteiger partial charge in [0.2, 0.25) is 0 Å². The molecule has 5 fully saturated rings. The number of carbonyl (C=O) groups excluding carboxylic acids is 5. The minimum atomic E-state index is -1.34. The van der Waals surface area contributed by atoms with Crippen molar-refractivity contribution >= 4 is 29.7 Å². The van der Waals surface area contributed by atoms with Gasteiger partial charge in [-0.05, 0) is 68.4 Å². The molecule has 4 saturated carbocycles. The van der Waals surface area contributed by atoms with Crippen molar-refractivity contribution in [2.24, 2.45) is 17.8 Å². The molecule has 7 rings (SSSR count). The van der Waals surface area contributed by atoms with Gasteiger partial charge >= 0.3 is 17.9 Å². The number of hydrogen-bond acceptors (Lipinski definition) is 10. The van der Waals surface area contributed by atoms with Crippen LogP contribution in [-0.4, -0.2) is 77.5 Å². The largest absolute Gasteiger partial charge is 0.463 e. The van der Waals surface area contributed by atoms with Crippen molar-refractivity contribution in [2.75, 3.05) is 6.61 Å². The maximum atomic E-state index is 13.7. The predicted molar refractivity (Wildman–Crippen MR) is 139 cm³/mol. The Kier molecular flexibility index (Phi) is 7.14. The van der Waals surface area contributed by atoms with E-state index in [2.05, 4.69) is 0 Å². The van der Waals surface area contributed by atoms with E-state index in [0.717, 1.165) is 43.4 Å². The van der Waals surface area contributed by atoms with Crippen LogP contribution >= 0.6 is 0 Å². The number of amides is 2. The van der Waals surface area contributed by atoms with E-state index in [1.165, 1.54) is 20.8 Å². The number of rotatable bonds is 7. The van der Waals surface area contributed by atoms with Gasteiger partial charge in [-0.2, -0.15) is 0 Å². The molecule has 1 aromatic rings. The maximum Gasteiger partial charge on any atom is 0.303 e. The molecule has 6 aliphatic rings. The lowest BCUT2D eigenvalue weighted by Crippen LogP contribution is -2.69. The van der Waals surface area contributed by atoms with Crippen molar-refractivity contribution in [1.29, 1.82) is 0 Å². The average molecular weight is 570 g/mol. The molecule has 2 heterocycles. The first-order valence-corrected chi connectivity index (χ1v) is 14.3. The molecule has 1 saturated heterocycles. The second kappa shape index (κ2) is 10.5. The normalized spacial score (nSPS) is 37.1. The van der Waals surface area contributed by atoms with Crippen molar-refractivity contribution < 1.29 is 47.7 Å². The molecule has 0 radical (unpaired) electrons. The molecule has 1 aromatic carbocycles. The molecule has 0 N–H and O–H groups in total. The molecule has 2 aliphatic heterocycles. The van der Waals surface area contributed by atoms with Crippen LogP contribution in [-0.2, 0) is 38.1 Å². The van der Waals surface area contributed by atoms with Gasteiger partial charge in [-0.25, -0.2) is 0 Å². The van der Waals surface area contributed by atoms with Crippen LogP contribution in [0.1, 0.15) is 80.0 Å². The molecule has 0 unspecified atom stereocenters. The Morgan fingerprint density at radius 1 is 0.829 bits per heavy atom. The van der Waals surface area contributed by atoms with Gasteiger partial charge in [0.15, 0.2) is 18.5 Å². The molecular weight excluding hydrogens is 534 g/mol. The second-order valence-electron chi connectivity index (χ2n) is 12.2. The van der Waals surface area contributed by atoms with Crippen LogP contribution in [0.5, 0.6) is 0 Å². The highest BCUT2D eigenvalue weighted by molar-refractivity contribution is 6.21. The minimum Gasteiger partial charge on any atom is -0.463 e. The van der Waals surface area contributed by atoms with E-state index in [1.54, 1.807) is 24.3 Å². The van der Waals surface area contributed by atoms with Crippen molar-refractivity contribution in [2.45, 2.75) is 95.5 Å². The number of carbonyl (C=O) groups is 5. The quantitative estimate of drug-likeness (QED) is 0.274. The van der Waals surface area contributed by atoms with Gasteiger partial charge in [-0.15, -0.1) is 0 Å². The van der Waals surface area contributed by atoms with Gasteiger partial charge in [0.05, 0.1) is 16.7 Å². The van der Waals surface area contributed by atoms with Gasteiger partial charge in [0.1, 0.15) is 18.8 Å². The van der Waals surface area contributed by atoms with Crippen LogP contribution in [0.25, 0.3) is 0 Å². The summed E-state index contributed by atoms with van der Waals surface area (Å²) < 4.78 is 29.9. The van der Waals surface area contributed by atoms with Crippen LogP contribution in [0.2, 0.25) is 0 Å². The third-order valence-electron chi connectivity index (χ3n) is 9.14. The fourth-order valence-corrected chi connectivity index (χ4v) is 8.15. The Bertz CT molecular complexity index is 1210. The van der Waals surface area contributed by atoms with Crippen LogP contribution in [0.3, 0.4) is 0 Å². The number of fused-ring (bicyclic) bond motifs is 1. The van der Waals surface area contributed by atoms with E-state index in [9.17, 15) is 24.0 Å². The zero-order chi connectivity index (χ0) is 29.1. The van der Waals surface area contributed by atoms with Crippen molar-refractivity contribution in [3.63, 3.8) is 0 Å². The Labute approximate surface area is 237 Å². The summed E-state index contributed by atoms with van der Waals surface area (Å²) in [6.45, 7) is 3.29. The van der Waals surface area contributed by atoms with Crippen molar-refractivity contribution in [3.05, 3.63) is 35.4 Å². The second-order valence-corrected chi connectivity index (χ2v) is 12.2. The molecular formula is C30H35NO10. The van der Waals surface area contributed by atoms with Crippen LogP contribution in [0.4, 0.5) is 0 Å². The summed E-state index contributed by atoms with van der Waals surface area (Å²) in [7, 11) is 0. The molecule has 41 heavy (non-hydrogen) atoms. The van der Waals surface area contributed by atoms with Crippen LogP contribution in [0.15, 0.2) is 24.3 Å². The highest BCUT2D eigenvalue weighted by Gasteiger charge is 2.60. The number of ether oxygens (including phenoxy) is 5. The maximum absolute atomic E-state index is 13.7. The van der Waals surface area contributed by atoms with E-state index < -0.39 is 66.0 Å². The van der Waals surface area contributed by atoms with Crippen LogP contribution in [0, 0.1) is 17.8 Å². The zero-order valence-corrected chi connectivity index (χ0v) is 23.4. The molecule has 11 nitrogen and oxygen atoms in total. The Balaban J connectivity index is 1.42. The Morgan fingerprint density at radius 2 is 1.34 bits per heavy atom. The summed E-state index contributed by atoms with van der Waals surface area (Å²) in [5.41, 5.74) is -0.116. The molecule has 4 bridgehead atoms. The third kappa shape index (κ3) is 5.14. The first kappa shape index (κ1) is 27.8. The first-order chi connectivity index (χ1) is 19.5. The first-order valence-electron chi connectivity index (χ1n) is 14.3. The van der Waals surface area contributed by atoms with Gasteiger partial charge in [-0.1, -0.05) is 12.1 Å². The summed E-state index contributed by atoms with van der Waals surface area (Å²) >= 11 is 0. The van der Waals surface area contributed by atoms with E-state index in [4.69, 9.17) is 23.7 Å². The van der Waals surface area contributed by atoms with Gasteiger partial charge in [0.25, 0.3) is 11.8 Å². The zero-order valence-electron chi connectivity index (χ0n) is 23.4. The summed E-state index contributed by atoms with van der Waals surface area (Å²) in [6, 6.07) is 5.17. The van der Waals surface area contributed by atoms with Crippen molar-refractivity contribution in [1.82, 2.24) is 4.90 Å². The lowest BCUT2D eigenvalue weighted by Gasteiger charge is -2.58. The predicted octanol–water partition coefficient (Wildman–Crippen LogP) is 2.79. The SMILES string of the molecule is CC(=O)OC[C@H]1O[C@@H](OC23CC4CC(CC(C4)C2)C3)[C@H](N2C(=O)c3ccccc3C2=O)[C@@H](OC(C)=O)[C@@H]1OC(C)=O. The summed E-state index contributed by atoms with van der Waals surface area (Å²) in [4.78, 5) is 64.9. The number of nitrogens with zero attached hydrogens (tertiary/aromatic N) is 1. The fraction of sp³-hybridized carbons (Fsp3) is 0.633. The Morgan fingerprint density at radius 3 is 1.83 bits per heavy atom. The van der Waals surface area contributed by atoms with Gasteiger partial charge in [-0.3, -0.25) is 28.9 Å². The summed E-state index contributed by atoms with van der Waals surface area (Å²) in [5.74, 6) is -1.60. The highest BCUT2D eigenvalue weighted by Crippen LogP contribution is 2.58. The lowest BCUT2D eigenvalue weighted by atomic mass is 9.54. The van der Waals surface area contributed by atoms with Crippen LogP contribution < -0.4 is 0 Å². The average Bonchev–Trinajstić information content (AvgIpc) is 3.13. The van der Waals surface area contributed by atoms with E-state index >= 15 is 0 Å². The molecule has 11 heteroatoms. The van der Waals surface area contributed by atoms with Gasteiger partial charge < -0.3 is 23.7 Å². The standard InChI is InChI=1S/C30H35NO10/c1-15(32)37-14-23-25(38-16(2)33)26(39-17(3)34)24(31-27(35)21-6-4-5-7-22(21)28(31)36)29(40-23)41-30-11-18-8-19(12-30)10-20(9-18)13-30/h4-7,18-20,23-26,29H,8-14H2,1-3H3/t18?,19?,20?,23-,24-,25-,26-,29+,30?/m1/s1. The topological polar surface area (TPSA) is 135 Å². The molecule has 220 valence electrons. The molecule has 0 spiro atoms. The molecule has 4 aliphatic carbocycles. The monoisotopic (exact) mass is 569 g/mol. The number of esters is 3. The summed E-state index contributed by atoms with van der Waals surface area (Å²) in [6.07, 6.45) is 1.02. The van der Waals surface area contributed by atoms with E-state index in [0.29, 0.717) is 17.8 Å². The summed E-state index contributed by atoms with van der Waals surface area (Å²) in [5, 5.41) is 0. The Hall–Kier alpha value is -3.31. The minimum absolute atomic E-state index is 0.207. The number of benzene rings is 1. The molecule has 0 aromatic heterocycles. The van der Waals surface area contributed by atoms with E-state index in [1.807, 2.05) is 0 Å². The van der Waals surface area contributed by atoms with Crippen molar-refractivity contribution in [3.8, 4) is 0 Å². The number of hydrogen-bond donors (Lipinski definition) is 0. The number of imide groups is 1. The fourth-order valence-electron chi connectivity index (χ4n) is 8.15. The highest BCUT2D eigenvalue weighted by atomic mass is 16.7. The lowest BCUT2D eigenvalue weighted by molar-refractivity contribution is -0.327. The van der Waals surface area contributed by atoms with Gasteiger partial charge in [0, 0.05) is 20.8 Å². The smallest absolute Gasteiger partial charge is 0.303 e. The third-order valence-corrected chi connectivity index (χ3v) is 9.14. The molecule has 2 amide bonds.